The van der Waals surface area contributed by atoms with Gasteiger partial charge in [-0.2, -0.15) is 0 Å². The highest BCUT2D eigenvalue weighted by Crippen LogP contribution is 2.52. The molecule has 3 unspecified atom stereocenters. The van der Waals surface area contributed by atoms with Crippen molar-refractivity contribution in [1.29, 1.82) is 0 Å². The molecule has 0 amide bonds. The lowest BCUT2D eigenvalue weighted by Gasteiger charge is -2.30. The van der Waals surface area contributed by atoms with Crippen LogP contribution < -0.4 is 0 Å². The second-order valence-corrected chi connectivity index (χ2v) is 8.10. The van der Waals surface area contributed by atoms with Gasteiger partial charge in [-0.3, -0.25) is 4.79 Å². The topological polar surface area (TPSA) is 148 Å². The van der Waals surface area contributed by atoms with Crippen molar-refractivity contribution in [2.24, 2.45) is 5.92 Å². The molecule has 1 aromatic carbocycles. The normalized spacial score (nSPS) is 14.8. The Morgan fingerprint density at radius 1 is 1.13 bits per heavy atom. The van der Waals surface area contributed by atoms with E-state index in [1.54, 1.807) is 20.8 Å². The van der Waals surface area contributed by atoms with E-state index in [1.807, 2.05) is 6.92 Å². The monoisotopic (exact) mass is 446 g/mol. The second-order valence-electron chi connectivity index (χ2n) is 7.72. The van der Waals surface area contributed by atoms with Gasteiger partial charge in [0.05, 0.1) is 28.9 Å². The minimum atomic E-state index is -2.83. The molecule has 0 radical (unpaired) electrons. The molecular formula is C21H31ClO8. The Morgan fingerprint density at radius 3 is 2.17 bits per heavy atom. The fourth-order valence-corrected chi connectivity index (χ4v) is 3.34. The van der Waals surface area contributed by atoms with E-state index in [0.717, 1.165) is 5.57 Å². The van der Waals surface area contributed by atoms with Crippen molar-refractivity contribution in [2.45, 2.75) is 65.5 Å². The predicted molar refractivity (Wildman–Crippen MR) is 111 cm³/mol. The van der Waals surface area contributed by atoms with Crippen LogP contribution in [0.15, 0.2) is 11.6 Å². The van der Waals surface area contributed by atoms with Gasteiger partial charge in [0.15, 0.2) is 23.1 Å². The van der Waals surface area contributed by atoms with E-state index in [0.29, 0.717) is 6.42 Å². The Morgan fingerprint density at radius 2 is 1.70 bits per heavy atom. The molecule has 9 heteroatoms. The first kappa shape index (κ1) is 26.2. The first-order valence-electron chi connectivity index (χ1n) is 9.64. The van der Waals surface area contributed by atoms with Gasteiger partial charge < -0.3 is 35.4 Å². The lowest BCUT2D eigenvalue weighted by molar-refractivity contribution is -0.184. The van der Waals surface area contributed by atoms with Gasteiger partial charge in [0.25, 0.3) is 0 Å². The number of halogens is 1. The van der Waals surface area contributed by atoms with Crippen LogP contribution in [0.2, 0.25) is 5.02 Å². The van der Waals surface area contributed by atoms with Crippen molar-refractivity contribution < 1.29 is 40.2 Å². The summed E-state index contributed by atoms with van der Waals surface area (Å²) in [5.74, 6) is -6.69. The maximum atomic E-state index is 12.2. The Bertz CT molecular complexity index is 799. The highest BCUT2D eigenvalue weighted by molar-refractivity contribution is 6.33. The van der Waals surface area contributed by atoms with Crippen LogP contribution in [0.5, 0.6) is 17.2 Å². The summed E-state index contributed by atoms with van der Waals surface area (Å²) in [6.45, 7) is 7.75. The summed E-state index contributed by atoms with van der Waals surface area (Å²) >= 11 is 6.00. The van der Waals surface area contributed by atoms with Gasteiger partial charge in [0.2, 0.25) is 0 Å². The summed E-state index contributed by atoms with van der Waals surface area (Å²) in [7, 11) is 0. The van der Waals surface area contributed by atoms with E-state index in [4.69, 9.17) is 16.3 Å². The van der Waals surface area contributed by atoms with E-state index in [1.165, 1.54) is 13.0 Å². The highest BCUT2D eigenvalue weighted by atomic mass is 35.5. The van der Waals surface area contributed by atoms with Crippen LogP contribution in [0.1, 0.15) is 64.7 Å². The fraction of sp³-hybridized carbons (Fsp3) is 0.571. The number of aliphatic hydroxyl groups excluding tert-OH is 1. The molecule has 0 bridgehead atoms. The summed E-state index contributed by atoms with van der Waals surface area (Å²) in [6.07, 6.45) is -0.302. The van der Waals surface area contributed by atoms with E-state index < -0.39 is 64.2 Å². The van der Waals surface area contributed by atoms with E-state index in [-0.39, 0.29) is 11.9 Å². The highest BCUT2D eigenvalue weighted by Gasteiger charge is 2.40. The standard InChI is InChI=1S/C21H31ClO8/c1-6-12(5)30-14(9-23)15-18(25)16(17(22)20(27)19(15)26)21(28,29)8-11(4)13(24)7-10(2)3/h7,11-12,14,23,25-29H,6,8-9H2,1-5H3. The summed E-state index contributed by atoms with van der Waals surface area (Å²) in [6, 6.07) is 0. The van der Waals surface area contributed by atoms with Crippen LogP contribution in [0.25, 0.3) is 0 Å². The third-order valence-electron chi connectivity index (χ3n) is 4.77. The van der Waals surface area contributed by atoms with Crippen molar-refractivity contribution in [3.63, 3.8) is 0 Å². The number of rotatable bonds is 10. The van der Waals surface area contributed by atoms with Crippen molar-refractivity contribution >= 4 is 17.4 Å². The molecule has 0 aromatic heterocycles. The number of carbonyl (C=O) groups excluding carboxylic acids is 1. The second kappa shape index (κ2) is 10.5. The third-order valence-corrected chi connectivity index (χ3v) is 5.13. The quantitative estimate of drug-likeness (QED) is 0.139. The molecule has 1 aromatic rings. The zero-order valence-electron chi connectivity index (χ0n) is 17.8. The zero-order chi connectivity index (χ0) is 23.4. The van der Waals surface area contributed by atoms with E-state index in [2.05, 4.69) is 0 Å². The van der Waals surface area contributed by atoms with Crippen LogP contribution in [-0.2, 0) is 15.3 Å². The van der Waals surface area contributed by atoms with Gasteiger partial charge in [0.1, 0.15) is 11.9 Å². The largest absolute Gasteiger partial charge is 0.507 e. The number of allylic oxidation sites excluding steroid dienone is 2. The smallest absolute Gasteiger partial charge is 0.195 e. The molecule has 0 saturated carbocycles. The number of aromatic hydroxyl groups is 3. The number of benzene rings is 1. The predicted octanol–water partition coefficient (Wildman–Crippen LogP) is 3.00. The van der Waals surface area contributed by atoms with Crippen LogP contribution in [0.3, 0.4) is 0 Å². The molecular weight excluding hydrogens is 416 g/mol. The van der Waals surface area contributed by atoms with Crippen LogP contribution in [0, 0.1) is 5.92 Å². The maximum absolute atomic E-state index is 12.2. The molecule has 30 heavy (non-hydrogen) atoms. The van der Waals surface area contributed by atoms with Gasteiger partial charge in [0, 0.05) is 12.3 Å². The van der Waals surface area contributed by atoms with Crippen molar-refractivity contribution in [1.82, 2.24) is 0 Å². The Balaban J connectivity index is 3.53. The van der Waals surface area contributed by atoms with Crippen molar-refractivity contribution in [3.05, 3.63) is 27.8 Å². The summed E-state index contributed by atoms with van der Waals surface area (Å²) in [5.41, 5.74) is -0.408. The summed E-state index contributed by atoms with van der Waals surface area (Å²) in [5, 5.41) is 61.6. The molecule has 3 atom stereocenters. The lowest BCUT2D eigenvalue weighted by Crippen LogP contribution is -2.31. The molecule has 8 nitrogen and oxygen atoms in total. The number of carbonyl (C=O) groups is 1. The number of hydrogen-bond acceptors (Lipinski definition) is 8. The van der Waals surface area contributed by atoms with Crippen molar-refractivity contribution in [2.75, 3.05) is 6.61 Å². The Labute approximate surface area is 181 Å². The summed E-state index contributed by atoms with van der Waals surface area (Å²) < 4.78 is 5.57. The number of phenolic OH excluding ortho intramolecular Hbond substituents is 3. The number of hydrogen-bond donors (Lipinski definition) is 6. The Hall–Kier alpha value is -1.84. The molecule has 170 valence electrons. The lowest BCUT2D eigenvalue weighted by atomic mass is 9.88. The SMILES string of the molecule is CCC(C)OC(CO)c1c(O)c(O)c(Cl)c(C(O)(O)CC(C)C(=O)C=C(C)C)c1O. The van der Waals surface area contributed by atoms with Crippen LogP contribution in [-0.4, -0.2) is 49.1 Å². The van der Waals surface area contributed by atoms with E-state index >= 15 is 0 Å². The van der Waals surface area contributed by atoms with Gasteiger partial charge >= 0.3 is 0 Å². The molecule has 0 fully saturated rings. The first-order valence-corrected chi connectivity index (χ1v) is 10.0. The first-order chi connectivity index (χ1) is 13.8. The molecule has 1 rings (SSSR count). The number of aliphatic hydroxyl groups is 3. The van der Waals surface area contributed by atoms with Crippen molar-refractivity contribution in [3.8, 4) is 17.2 Å². The zero-order valence-corrected chi connectivity index (χ0v) is 18.6. The van der Waals surface area contributed by atoms with E-state index in [9.17, 15) is 35.4 Å². The number of ketones is 1. The maximum Gasteiger partial charge on any atom is 0.195 e. The van der Waals surface area contributed by atoms with Crippen LogP contribution in [0.4, 0.5) is 0 Å². The third kappa shape index (κ3) is 5.86. The number of ether oxygens (including phenoxy) is 1. The van der Waals surface area contributed by atoms with Gasteiger partial charge in [-0.15, -0.1) is 0 Å². The molecule has 0 heterocycles. The fourth-order valence-electron chi connectivity index (χ4n) is 3.01. The van der Waals surface area contributed by atoms with Crippen LogP contribution >= 0.6 is 11.6 Å². The van der Waals surface area contributed by atoms with Gasteiger partial charge in [-0.05, 0) is 33.3 Å². The molecule has 6 N–H and O–H groups in total. The van der Waals surface area contributed by atoms with Gasteiger partial charge in [-0.25, -0.2) is 0 Å². The Kier molecular flexibility index (Phi) is 9.13. The summed E-state index contributed by atoms with van der Waals surface area (Å²) in [4.78, 5) is 12.2. The molecule has 0 aliphatic carbocycles. The van der Waals surface area contributed by atoms with Gasteiger partial charge in [-0.1, -0.05) is 31.0 Å². The molecule has 0 aliphatic heterocycles. The minimum absolute atomic E-state index is 0.366. The molecule has 0 spiro atoms. The number of phenols is 3. The average Bonchev–Trinajstić information content (AvgIpc) is 2.64. The average molecular weight is 447 g/mol. The molecule has 0 saturated heterocycles. The minimum Gasteiger partial charge on any atom is -0.507 e. The molecule has 0 aliphatic rings.